The molecule has 4 nitrogen and oxygen atoms in total. The summed E-state index contributed by atoms with van der Waals surface area (Å²) in [4.78, 5) is 0. The molecule has 5 N–H and O–H groups in total. The molecule has 4 heteroatoms. The molecule has 1 aliphatic rings. The Morgan fingerprint density at radius 1 is 0.882 bits per heavy atom. The highest BCUT2D eigenvalue weighted by molar-refractivity contribution is 5.19. The van der Waals surface area contributed by atoms with E-state index in [9.17, 15) is 0 Å². The van der Waals surface area contributed by atoms with E-state index in [0.717, 1.165) is 45.7 Å². The summed E-state index contributed by atoms with van der Waals surface area (Å²) in [5.74, 6) is 0. The second-order valence-corrected chi connectivity index (χ2v) is 4.56. The molecule has 0 spiro atoms. The van der Waals surface area contributed by atoms with Crippen LogP contribution in [0.5, 0.6) is 0 Å². The van der Waals surface area contributed by atoms with Gasteiger partial charge in [0.15, 0.2) is 0 Å². The highest BCUT2D eigenvalue weighted by Crippen LogP contribution is 2.12. The van der Waals surface area contributed by atoms with Crippen molar-refractivity contribution in [2.45, 2.75) is 32.1 Å². The average molecular weight is 240 g/mol. The third-order valence-corrected chi connectivity index (χ3v) is 2.81. The van der Waals surface area contributed by atoms with Gasteiger partial charge in [0.1, 0.15) is 0 Å². The molecular formula is C13H28N4. The van der Waals surface area contributed by atoms with E-state index < -0.39 is 0 Å². The molecule has 0 aliphatic heterocycles. The highest BCUT2D eigenvalue weighted by atomic mass is 14.9. The van der Waals surface area contributed by atoms with E-state index in [4.69, 9.17) is 5.73 Å². The van der Waals surface area contributed by atoms with Crippen molar-refractivity contribution in [1.82, 2.24) is 16.0 Å². The molecule has 0 fully saturated rings. The Bertz CT molecular complexity index is 204. The molecule has 0 aromatic heterocycles. The molecular weight excluding hydrogens is 212 g/mol. The van der Waals surface area contributed by atoms with Gasteiger partial charge in [0.05, 0.1) is 0 Å². The summed E-state index contributed by atoms with van der Waals surface area (Å²) in [5, 5.41) is 10.3. The van der Waals surface area contributed by atoms with Gasteiger partial charge in [-0.15, -0.1) is 0 Å². The van der Waals surface area contributed by atoms with Crippen LogP contribution in [-0.2, 0) is 0 Å². The lowest BCUT2D eigenvalue weighted by atomic mass is 10.3. The predicted octanol–water partition coefficient (Wildman–Crippen LogP) is 0.562. The Kier molecular flexibility index (Phi) is 9.00. The van der Waals surface area contributed by atoms with Gasteiger partial charge in [-0.25, -0.2) is 0 Å². The van der Waals surface area contributed by atoms with E-state index in [2.05, 4.69) is 22.0 Å². The van der Waals surface area contributed by atoms with Crippen LogP contribution in [0.15, 0.2) is 11.8 Å². The van der Waals surface area contributed by atoms with Crippen molar-refractivity contribution in [3.8, 4) is 0 Å². The monoisotopic (exact) mass is 240 g/mol. The number of unbranched alkanes of at least 4 members (excludes halogenated alkanes) is 1. The predicted molar refractivity (Wildman–Crippen MR) is 74.0 cm³/mol. The van der Waals surface area contributed by atoms with Gasteiger partial charge in [0, 0.05) is 18.7 Å². The van der Waals surface area contributed by atoms with Crippen molar-refractivity contribution in [3.63, 3.8) is 0 Å². The van der Waals surface area contributed by atoms with Crippen LogP contribution in [0.2, 0.25) is 0 Å². The third kappa shape index (κ3) is 10.3. The SMILES string of the molecule is NCCCNCCCCNCCCNC1=CC1. The molecule has 0 saturated heterocycles. The molecule has 0 amide bonds. The van der Waals surface area contributed by atoms with Gasteiger partial charge in [0.25, 0.3) is 0 Å². The van der Waals surface area contributed by atoms with Crippen LogP contribution >= 0.6 is 0 Å². The molecule has 0 aromatic carbocycles. The highest BCUT2D eigenvalue weighted by Gasteiger charge is 2.03. The van der Waals surface area contributed by atoms with Crippen LogP contribution in [0.4, 0.5) is 0 Å². The second-order valence-electron chi connectivity index (χ2n) is 4.56. The largest absolute Gasteiger partial charge is 0.388 e. The molecule has 17 heavy (non-hydrogen) atoms. The minimum Gasteiger partial charge on any atom is -0.388 e. The molecule has 1 aliphatic carbocycles. The van der Waals surface area contributed by atoms with Crippen molar-refractivity contribution in [1.29, 1.82) is 0 Å². The topological polar surface area (TPSA) is 62.1 Å². The van der Waals surface area contributed by atoms with Crippen molar-refractivity contribution < 1.29 is 0 Å². The molecule has 1 rings (SSSR count). The van der Waals surface area contributed by atoms with Crippen molar-refractivity contribution in [2.24, 2.45) is 5.73 Å². The van der Waals surface area contributed by atoms with E-state index >= 15 is 0 Å². The molecule has 0 aromatic rings. The summed E-state index contributed by atoms with van der Waals surface area (Å²) in [5.41, 5.74) is 6.84. The molecule has 0 heterocycles. The quantitative estimate of drug-likeness (QED) is 0.355. The number of allylic oxidation sites excluding steroid dienone is 2. The van der Waals surface area contributed by atoms with E-state index in [1.807, 2.05) is 0 Å². The number of rotatable bonds is 13. The lowest BCUT2D eigenvalue weighted by Gasteiger charge is -2.06. The first-order valence-corrected chi connectivity index (χ1v) is 6.98. The summed E-state index contributed by atoms with van der Waals surface area (Å²) >= 11 is 0. The Hall–Kier alpha value is -0.580. The lowest BCUT2D eigenvalue weighted by molar-refractivity contribution is 0.565. The molecule has 0 radical (unpaired) electrons. The lowest BCUT2D eigenvalue weighted by Crippen LogP contribution is -2.23. The molecule has 0 bridgehead atoms. The summed E-state index contributed by atoms with van der Waals surface area (Å²) in [6.45, 7) is 6.35. The standard InChI is InChI=1S/C13H28N4/c14-7-3-10-15-8-1-2-9-16-11-4-12-17-13-5-6-13/h5,15-17H,1-4,6-12,14H2. The molecule has 100 valence electrons. The second kappa shape index (κ2) is 10.6. The Morgan fingerprint density at radius 3 is 2.06 bits per heavy atom. The zero-order valence-corrected chi connectivity index (χ0v) is 10.9. The fourth-order valence-electron chi connectivity index (χ4n) is 1.63. The number of nitrogens with one attached hydrogen (secondary N) is 3. The summed E-state index contributed by atoms with van der Waals surface area (Å²) in [7, 11) is 0. The number of nitrogens with two attached hydrogens (primary N) is 1. The first-order valence-electron chi connectivity index (χ1n) is 6.98. The third-order valence-electron chi connectivity index (χ3n) is 2.81. The van der Waals surface area contributed by atoms with E-state index in [1.165, 1.54) is 31.4 Å². The maximum atomic E-state index is 5.41. The maximum Gasteiger partial charge on any atom is 0.0156 e. The van der Waals surface area contributed by atoms with Gasteiger partial charge in [0.2, 0.25) is 0 Å². The van der Waals surface area contributed by atoms with E-state index in [1.54, 1.807) is 0 Å². The zero-order valence-electron chi connectivity index (χ0n) is 10.9. The van der Waals surface area contributed by atoms with Crippen LogP contribution in [0, 0.1) is 0 Å². The Balaban J connectivity index is 1.62. The molecule has 0 saturated carbocycles. The number of hydrogen-bond acceptors (Lipinski definition) is 4. The maximum absolute atomic E-state index is 5.41. The fourth-order valence-corrected chi connectivity index (χ4v) is 1.63. The normalized spacial score (nSPS) is 13.6. The zero-order chi connectivity index (χ0) is 12.2. The average Bonchev–Trinajstić information content (AvgIpc) is 3.15. The minimum absolute atomic E-state index is 0.791. The Morgan fingerprint density at radius 2 is 1.47 bits per heavy atom. The van der Waals surface area contributed by atoms with Gasteiger partial charge in [-0.1, -0.05) is 6.08 Å². The van der Waals surface area contributed by atoms with Gasteiger partial charge in [-0.3, -0.25) is 0 Å². The Labute approximate surface area is 105 Å². The molecule has 0 unspecified atom stereocenters. The van der Waals surface area contributed by atoms with E-state index in [0.29, 0.717) is 0 Å². The van der Waals surface area contributed by atoms with E-state index in [-0.39, 0.29) is 0 Å². The minimum atomic E-state index is 0.791. The van der Waals surface area contributed by atoms with Crippen molar-refractivity contribution in [2.75, 3.05) is 39.3 Å². The van der Waals surface area contributed by atoms with Gasteiger partial charge in [-0.05, 0) is 58.4 Å². The van der Waals surface area contributed by atoms with Gasteiger partial charge < -0.3 is 21.7 Å². The fraction of sp³-hybridized carbons (Fsp3) is 0.846. The summed E-state index contributed by atoms with van der Waals surface area (Å²) < 4.78 is 0. The van der Waals surface area contributed by atoms with Crippen molar-refractivity contribution >= 4 is 0 Å². The van der Waals surface area contributed by atoms with Gasteiger partial charge in [-0.2, -0.15) is 0 Å². The first-order chi connectivity index (χ1) is 8.43. The number of hydrogen-bond donors (Lipinski definition) is 4. The van der Waals surface area contributed by atoms with Crippen LogP contribution in [-0.4, -0.2) is 39.3 Å². The first kappa shape index (κ1) is 14.5. The summed E-state index contributed by atoms with van der Waals surface area (Å²) in [6, 6.07) is 0. The van der Waals surface area contributed by atoms with Crippen LogP contribution in [0.3, 0.4) is 0 Å². The van der Waals surface area contributed by atoms with Gasteiger partial charge >= 0.3 is 0 Å². The van der Waals surface area contributed by atoms with Crippen LogP contribution < -0.4 is 21.7 Å². The van der Waals surface area contributed by atoms with Crippen molar-refractivity contribution in [3.05, 3.63) is 11.8 Å². The molecule has 0 atom stereocenters. The summed E-state index contributed by atoms with van der Waals surface area (Å²) in [6.07, 6.45) is 8.22. The van der Waals surface area contributed by atoms with Crippen LogP contribution in [0.25, 0.3) is 0 Å². The van der Waals surface area contributed by atoms with Crippen LogP contribution in [0.1, 0.15) is 32.1 Å². The smallest absolute Gasteiger partial charge is 0.0156 e.